The molecule has 0 radical (unpaired) electrons. The Morgan fingerprint density at radius 2 is 1.66 bits per heavy atom. The van der Waals surface area contributed by atoms with Crippen LogP contribution in [0.3, 0.4) is 0 Å². The second kappa shape index (κ2) is 9.17. The molecule has 5 heteroatoms. The minimum atomic E-state index is 0.341. The van der Waals surface area contributed by atoms with Crippen molar-refractivity contribution in [2.24, 2.45) is 11.5 Å². The van der Waals surface area contributed by atoms with Crippen LogP contribution >= 0.6 is 0 Å². The lowest BCUT2D eigenvalue weighted by molar-refractivity contribution is 0.306. The standard InChI is InChI=1S/C24H26N4O/c1-16-9-21(10-17(2)28-16)23(14-26)24(27)20-7-4-8-22(12-20)29-15-19-6-3-5-18(11-19)13-25/h3-12,14,27H,13,15,25-26H2,1-2H3/b23-14-,27-24?. The highest BCUT2D eigenvalue weighted by Crippen LogP contribution is 2.23. The first-order chi connectivity index (χ1) is 14.0. The fraction of sp³-hybridized carbons (Fsp3) is 0.167. The van der Waals surface area contributed by atoms with Gasteiger partial charge < -0.3 is 16.2 Å². The van der Waals surface area contributed by atoms with Gasteiger partial charge in [-0.3, -0.25) is 10.4 Å². The van der Waals surface area contributed by atoms with Gasteiger partial charge in [0, 0.05) is 35.3 Å². The number of benzene rings is 2. The van der Waals surface area contributed by atoms with Crippen molar-refractivity contribution in [1.82, 2.24) is 4.98 Å². The monoisotopic (exact) mass is 386 g/mol. The molecule has 29 heavy (non-hydrogen) atoms. The number of nitrogens with one attached hydrogen (secondary N) is 1. The number of hydrogen-bond acceptors (Lipinski definition) is 5. The summed E-state index contributed by atoms with van der Waals surface area (Å²) in [5, 5.41) is 8.67. The van der Waals surface area contributed by atoms with E-state index in [1.807, 2.05) is 74.5 Å². The molecule has 0 aliphatic heterocycles. The van der Waals surface area contributed by atoms with Gasteiger partial charge in [-0.1, -0.05) is 36.4 Å². The molecule has 3 rings (SSSR count). The quantitative estimate of drug-likeness (QED) is 0.532. The Bertz CT molecular complexity index is 1040. The van der Waals surface area contributed by atoms with E-state index in [1.165, 1.54) is 6.20 Å². The van der Waals surface area contributed by atoms with Gasteiger partial charge in [0.05, 0.1) is 5.71 Å². The van der Waals surface area contributed by atoms with Crippen LogP contribution in [0.15, 0.2) is 66.9 Å². The Balaban J connectivity index is 1.79. The van der Waals surface area contributed by atoms with Crippen molar-refractivity contribution in [1.29, 1.82) is 5.41 Å². The van der Waals surface area contributed by atoms with Crippen LogP contribution in [0.4, 0.5) is 0 Å². The summed E-state index contributed by atoms with van der Waals surface area (Å²) in [7, 11) is 0. The largest absolute Gasteiger partial charge is 0.489 e. The Morgan fingerprint density at radius 3 is 2.34 bits per heavy atom. The topological polar surface area (TPSA) is 98.0 Å². The first-order valence-corrected chi connectivity index (χ1v) is 9.47. The maximum Gasteiger partial charge on any atom is 0.120 e. The van der Waals surface area contributed by atoms with Crippen molar-refractivity contribution in [3.63, 3.8) is 0 Å². The number of rotatable bonds is 7. The van der Waals surface area contributed by atoms with E-state index in [0.29, 0.717) is 30.2 Å². The summed E-state index contributed by atoms with van der Waals surface area (Å²) in [6.45, 7) is 4.81. The van der Waals surface area contributed by atoms with E-state index in [0.717, 1.165) is 33.6 Å². The Hall–Kier alpha value is -3.44. The number of nitrogens with zero attached hydrogens (tertiary/aromatic N) is 1. The van der Waals surface area contributed by atoms with E-state index in [2.05, 4.69) is 4.98 Å². The smallest absolute Gasteiger partial charge is 0.120 e. The molecule has 0 bridgehead atoms. The van der Waals surface area contributed by atoms with Crippen molar-refractivity contribution in [2.75, 3.05) is 0 Å². The van der Waals surface area contributed by atoms with Gasteiger partial charge in [-0.05, 0) is 54.8 Å². The van der Waals surface area contributed by atoms with Gasteiger partial charge in [-0.25, -0.2) is 0 Å². The number of aromatic nitrogens is 1. The van der Waals surface area contributed by atoms with Gasteiger partial charge >= 0.3 is 0 Å². The van der Waals surface area contributed by atoms with Gasteiger partial charge in [-0.15, -0.1) is 0 Å². The summed E-state index contributed by atoms with van der Waals surface area (Å²) in [5.74, 6) is 0.698. The second-order valence-electron chi connectivity index (χ2n) is 6.93. The van der Waals surface area contributed by atoms with Crippen LogP contribution in [0, 0.1) is 19.3 Å². The van der Waals surface area contributed by atoms with Crippen LogP contribution in [0.5, 0.6) is 5.75 Å². The molecule has 0 spiro atoms. The summed E-state index contributed by atoms with van der Waals surface area (Å²) < 4.78 is 5.94. The van der Waals surface area contributed by atoms with E-state index < -0.39 is 0 Å². The van der Waals surface area contributed by atoms with E-state index in [1.54, 1.807) is 0 Å². The molecule has 5 nitrogen and oxygen atoms in total. The highest BCUT2D eigenvalue weighted by atomic mass is 16.5. The molecule has 0 aliphatic rings. The molecule has 1 heterocycles. The van der Waals surface area contributed by atoms with Crippen LogP contribution < -0.4 is 16.2 Å². The SMILES string of the molecule is Cc1cc(/C(=C/N)C(=N)c2cccc(OCc3cccc(CN)c3)c2)cc(C)n1. The van der Waals surface area contributed by atoms with Crippen LogP contribution in [0.2, 0.25) is 0 Å². The van der Waals surface area contributed by atoms with Crippen LogP contribution in [0.25, 0.3) is 5.57 Å². The van der Waals surface area contributed by atoms with Crippen molar-refractivity contribution in [3.8, 4) is 5.75 Å². The van der Waals surface area contributed by atoms with E-state index >= 15 is 0 Å². The Morgan fingerprint density at radius 1 is 0.966 bits per heavy atom. The zero-order chi connectivity index (χ0) is 20.8. The fourth-order valence-corrected chi connectivity index (χ4v) is 3.22. The fourth-order valence-electron chi connectivity index (χ4n) is 3.22. The Labute approximate surface area is 171 Å². The molecule has 0 saturated carbocycles. The maximum atomic E-state index is 8.67. The maximum absolute atomic E-state index is 8.67. The van der Waals surface area contributed by atoms with Crippen LogP contribution in [0.1, 0.15) is 33.6 Å². The predicted octanol–water partition coefficient (Wildman–Crippen LogP) is 4.10. The highest BCUT2D eigenvalue weighted by Gasteiger charge is 2.12. The van der Waals surface area contributed by atoms with E-state index in [-0.39, 0.29) is 0 Å². The molecule has 5 N–H and O–H groups in total. The minimum absolute atomic E-state index is 0.341. The highest BCUT2D eigenvalue weighted by molar-refractivity contribution is 6.30. The lowest BCUT2D eigenvalue weighted by Gasteiger charge is -2.13. The molecule has 148 valence electrons. The third-order valence-electron chi connectivity index (χ3n) is 4.58. The average Bonchev–Trinajstić information content (AvgIpc) is 2.72. The van der Waals surface area contributed by atoms with Gasteiger partial charge in [0.1, 0.15) is 12.4 Å². The number of nitrogens with two attached hydrogens (primary N) is 2. The molecule has 3 aromatic rings. The van der Waals surface area contributed by atoms with Crippen LogP contribution in [-0.2, 0) is 13.2 Å². The average molecular weight is 386 g/mol. The molecule has 0 atom stereocenters. The number of pyridine rings is 1. The van der Waals surface area contributed by atoms with Gasteiger partial charge in [0.15, 0.2) is 0 Å². The zero-order valence-corrected chi connectivity index (χ0v) is 16.8. The third kappa shape index (κ3) is 5.09. The van der Waals surface area contributed by atoms with Gasteiger partial charge in [0.25, 0.3) is 0 Å². The molecule has 0 aliphatic carbocycles. The third-order valence-corrected chi connectivity index (χ3v) is 4.58. The van der Waals surface area contributed by atoms with Crippen molar-refractivity contribution in [2.45, 2.75) is 27.0 Å². The normalized spacial score (nSPS) is 11.3. The minimum Gasteiger partial charge on any atom is -0.489 e. The lowest BCUT2D eigenvalue weighted by atomic mass is 9.96. The number of hydrogen-bond donors (Lipinski definition) is 3. The first kappa shape index (κ1) is 20.3. The van der Waals surface area contributed by atoms with E-state index in [9.17, 15) is 0 Å². The summed E-state index contributed by atoms with van der Waals surface area (Å²) in [4.78, 5) is 4.40. The molecular formula is C24H26N4O. The molecule has 0 amide bonds. The van der Waals surface area contributed by atoms with Crippen molar-refractivity contribution >= 4 is 11.3 Å². The number of ether oxygens (including phenoxy) is 1. The summed E-state index contributed by atoms with van der Waals surface area (Å²) in [6, 6.07) is 19.4. The zero-order valence-electron chi connectivity index (χ0n) is 16.8. The predicted molar refractivity (Wildman–Crippen MR) is 118 cm³/mol. The Kier molecular flexibility index (Phi) is 6.42. The summed E-state index contributed by atoms with van der Waals surface area (Å²) >= 11 is 0. The lowest BCUT2D eigenvalue weighted by Crippen LogP contribution is -2.07. The molecular weight excluding hydrogens is 360 g/mol. The summed E-state index contributed by atoms with van der Waals surface area (Å²) in [5.41, 5.74) is 18.1. The molecule has 2 aromatic carbocycles. The van der Waals surface area contributed by atoms with Crippen LogP contribution in [-0.4, -0.2) is 10.7 Å². The van der Waals surface area contributed by atoms with Crippen molar-refractivity contribution < 1.29 is 4.74 Å². The number of allylic oxidation sites excluding steroid dienone is 1. The van der Waals surface area contributed by atoms with Crippen molar-refractivity contribution in [3.05, 3.63) is 101 Å². The van der Waals surface area contributed by atoms with Gasteiger partial charge in [-0.2, -0.15) is 0 Å². The first-order valence-electron chi connectivity index (χ1n) is 9.47. The molecule has 0 unspecified atom stereocenters. The molecule has 1 aromatic heterocycles. The summed E-state index contributed by atoms with van der Waals surface area (Å²) in [6.07, 6.45) is 1.47. The number of aryl methyl sites for hydroxylation is 2. The molecule has 0 fully saturated rings. The second-order valence-corrected chi connectivity index (χ2v) is 6.93. The molecule has 0 saturated heterocycles. The van der Waals surface area contributed by atoms with E-state index in [4.69, 9.17) is 21.6 Å². The van der Waals surface area contributed by atoms with Gasteiger partial charge in [0.2, 0.25) is 0 Å².